The van der Waals surface area contributed by atoms with E-state index in [1.165, 1.54) is 0 Å². The minimum absolute atomic E-state index is 0.165. The number of benzene rings is 1. The molecule has 3 fully saturated rings. The maximum absolute atomic E-state index is 11.6. The molecular formula is C28H31Cl2N3O4. The highest BCUT2D eigenvalue weighted by Crippen LogP contribution is 2.47. The second-order valence-electron chi connectivity index (χ2n) is 10.7. The Hall–Kier alpha value is -2.35. The first-order chi connectivity index (χ1) is 18.0. The fraction of sp³-hybridized carbons (Fsp3) is 0.536. The summed E-state index contributed by atoms with van der Waals surface area (Å²) < 4.78 is 12.3. The molecule has 2 aliphatic carbocycles. The molecule has 7 nitrogen and oxygen atoms in total. The van der Waals surface area contributed by atoms with E-state index in [4.69, 9.17) is 32.5 Å². The van der Waals surface area contributed by atoms with Gasteiger partial charge < -0.3 is 19.3 Å². The van der Waals surface area contributed by atoms with Gasteiger partial charge >= 0.3 is 5.97 Å². The number of rotatable bonds is 7. The fourth-order valence-electron chi connectivity index (χ4n) is 6.08. The van der Waals surface area contributed by atoms with E-state index >= 15 is 0 Å². The Kier molecular flexibility index (Phi) is 7.03. The van der Waals surface area contributed by atoms with Crippen LogP contribution in [0, 0.1) is 11.8 Å². The van der Waals surface area contributed by atoms with Crippen LogP contribution in [0.3, 0.4) is 0 Å². The standard InChI is InChI=1S/C28H31Cl2N3O4/c29-21-5-4-6-22(30)25(21)26-20(27(37-32-26)16-9-10-16)15-36-19-11-17-13-33(14-18(17)12-19)24-8-3-1-2-7-23(31-24)28(34)35/h4-6,8,16-19H,1-3,7,9-15H2,(H,34,35)/b24-8+,31-23?/t17-,18+,19?. The van der Waals surface area contributed by atoms with Gasteiger partial charge in [-0.2, -0.15) is 0 Å². The number of hydrogen-bond donors (Lipinski definition) is 1. The third-order valence-corrected chi connectivity index (χ3v) is 8.78. The van der Waals surface area contributed by atoms with Gasteiger partial charge in [0.1, 0.15) is 23.0 Å². The monoisotopic (exact) mass is 543 g/mol. The predicted molar refractivity (Wildman–Crippen MR) is 142 cm³/mol. The molecule has 2 aliphatic heterocycles. The van der Waals surface area contributed by atoms with E-state index < -0.39 is 5.97 Å². The van der Waals surface area contributed by atoms with Gasteiger partial charge in [0.2, 0.25) is 0 Å². The molecule has 1 aromatic carbocycles. The molecule has 3 heterocycles. The van der Waals surface area contributed by atoms with Gasteiger partial charge in [0, 0.05) is 30.1 Å². The molecule has 1 N–H and O–H groups in total. The summed E-state index contributed by atoms with van der Waals surface area (Å²) in [6, 6.07) is 5.46. The number of carboxylic acids is 1. The Bertz CT molecular complexity index is 1220. The molecule has 1 unspecified atom stereocenters. The summed E-state index contributed by atoms with van der Waals surface area (Å²) in [7, 11) is 0. The molecule has 1 aromatic heterocycles. The smallest absolute Gasteiger partial charge is 0.350 e. The van der Waals surface area contributed by atoms with Gasteiger partial charge in [-0.3, -0.25) is 0 Å². The van der Waals surface area contributed by atoms with Crippen LogP contribution in [-0.4, -0.2) is 46.0 Å². The van der Waals surface area contributed by atoms with Crippen molar-refractivity contribution in [1.82, 2.24) is 10.1 Å². The van der Waals surface area contributed by atoms with Crippen molar-refractivity contribution in [3.8, 4) is 11.3 Å². The van der Waals surface area contributed by atoms with Crippen molar-refractivity contribution in [3.63, 3.8) is 0 Å². The van der Waals surface area contributed by atoms with Gasteiger partial charge in [-0.05, 0) is 81.4 Å². The molecule has 1 saturated heterocycles. The molecule has 6 rings (SSSR count). The summed E-state index contributed by atoms with van der Waals surface area (Å²) >= 11 is 13.0. The van der Waals surface area contributed by atoms with Crippen molar-refractivity contribution in [2.24, 2.45) is 16.8 Å². The third kappa shape index (κ3) is 5.18. The van der Waals surface area contributed by atoms with E-state index in [2.05, 4.69) is 21.1 Å². The SMILES string of the molecule is O=C(O)C1=N/C(N2C[C@H]3CC(OCc4c(-c5c(Cl)cccc5Cl)noc4C4CC4)C[C@H]3C2)=C\CCCC1. The van der Waals surface area contributed by atoms with Gasteiger partial charge in [-0.25, -0.2) is 9.79 Å². The maximum atomic E-state index is 11.6. The number of aromatic nitrogens is 1. The molecule has 37 heavy (non-hydrogen) atoms. The number of allylic oxidation sites excluding steroid dienone is 1. The summed E-state index contributed by atoms with van der Waals surface area (Å²) in [5, 5.41) is 15.0. The number of likely N-dealkylation sites (tertiary alicyclic amines) is 1. The van der Waals surface area contributed by atoms with Crippen LogP contribution in [0.5, 0.6) is 0 Å². The van der Waals surface area contributed by atoms with E-state index in [0.717, 1.165) is 75.2 Å². The number of ether oxygens (including phenoxy) is 1. The van der Waals surface area contributed by atoms with E-state index in [1.807, 2.05) is 18.2 Å². The van der Waals surface area contributed by atoms with Crippen molar-refractivity contribution < 1.29 is 19.2 Å². The summed E-state index contributed by atoms with van der Waals surface area (Å²) in [6.45, 7) is 2.22. The van der Waals surface area contributed by atoms with Crippen LogP contribution in [0.2, 0.25) is 10.0 Å². The van der Waals surface area contributed by atoms with Crippen molar-refractivity contribution in [3.05, 3.63) is 51.5 Å². The molecule has 3 atom stereocenters. The average Bonchev–Trinajstić information content (AvgIpc) is 3.31. The Morgan fingerprint density at radius 3 is 2.54 bits per heavy atom. The van der Waals surface area contributed by atoms with Gasteiger partial charge in [-0.1, -0.05) is 34.4 Å². The van der Waals surface area contributed by atoms with Crippen LogP contribution < -0.4 is 0 Å². The van der Waals surface area contributed by atoms with E-state index in [9.17, 15) is 9.90 Å². The molecule has 0 radical (unpaired) electrons. The van der Waals surface area contributed by atoms with Crippen LogP contribution in [0.25, 0.3) is 11.3 Å². The second kappa shape index (κ2) is 10.4. The number of nitrogens with zero attached hydrogens (tertiary/aromatic N) is 3. The van der Waals surface area contributed by atoms with Gasteiger partial charge in [0.05, 0.1) is 22.8 Å². The molecule has 2 saturated carbocycles. The predicted octanol–water partition coefficient (Wildman–Crippen LogP) is 6.69. The number of aliphatic imine (C=N–C) groups is 1. The summed E-state index contributed by atoms with van der Waals surface area (Å²) in [6.07, 6.45) is 9.80. The number of fused-ring (bicyclic) bond motifs is 1. The largest absolute Gasteiger partial charge is 0.477 e. The number of carboxylic acid groups (broad SMARTS) is 1. The highest BCUT2D eigenvalue weighted by atomic mass is 35.5. The van der Waals surface area contributed by atoms with Crippen LogP contribution in [0.15, 0.2) is 39.6 Å². The molecule has 9 heteroatoms. The molecule has 2 aromatic rings. The van der Waals surface area contributed by atoms with Gasteiger partial charge in [-0.15, -0.1) is 0 Å². The zero-order valence-electron chi connectivity index (χ0n) is 20.7. The third-order valence-electron chi connectivity index (χ3n) is 8.15. The lowest BCUT2D eigenvalue weighted by Crippen LogP contribution is -2.25. The summed E-state index contributed by atoms with van der Waals surface area (Å²) in [5.41, 5.74) is 2.63. The topological polar surface area (TPSA) is 88.2 Å². The second-order valence-corrected chi connectivity index (χ2v) is 11.6. The summed E-state index contributed by atoms with van der Waals surface area (Å²) in [4.78, 5) is 18.4. The van der Waals surface area contributed by atoms with E-state index in [1.54, 1.807) is 0 Å². The van der Waals surface area contributed by atoms with E-state index in [-0.39, 0.29) is 11.8 Å². The molecule has 0 spiro atoms. The van der Waals surface area contributed by atoms with Crippen molar-refractivity contribution in [2.45, 2.75) is 70.0 Å². The normalized spacial score (nSPS) is 27.3. The van der Waals surface area contributed by atoms with Crippen LogP contribution in [-0.2, 0) is 16.1 Å². The Labute approximate surface area is 226 Å². The molecule has 4 aliphatic rings. The average molecular weight is 544 g/mol. The Morgan fingerprint density at radius 2 is 1.86 bits per heavy atom. The van der Waals surface area contributed by atoms with Crippen molar-refractivity contribution in [1.29, 1.82) is 0 Å². The maximum Gasteiger partial charge on any atom is 0.350 e. The number of carbonyl (C=O) groups is 1. The number of halogens is 2. The molecule has 196 valence electrons. The first-order valence-electron chi connectivity index (χ1n) is 13.3. The highest BCUT2D eigenvalue weighted by Gasteiger charge is 2.42. The first-order valence-corrected chi connectivity index (χ1v) is 14.0. The van der Waals surface area contributed by atoms with Crippen molar-refractivity contribution >= 4 is 34.9 Å². The van der Waals surface area contributed by atoms with Crippen molar-refractivity contribution in [2.75, 3.05) is 13.1 Å². The minimum atomic E-state index is -0.905. The van der Waals surface area contributed by atoms with Crippen LogP contribution in [0.1, 0.15) is 68.6 Å². The lowest BCUT2D eigenvalue weighted by atomic mass is 10.0. The number of hydrogen-bond acceptors (Lipinski definition) is 6. The quantitative estimate of drug-likeness (QED) is 0.418. The Balaban J connectivity index is 1.13. The lowest BCUT2D eigenvalue weighted by Gasteiger charge is -2.23. The number of aliphatic carboxylic acids is 1. The molecular weight excluding hydrogens is 513 g/mol. The van der Waals surface area contributed by atoms with E-state index in [0.29, 0.717) is 52.1 Å². The van der Waals surface area contributed by atoms with Gasteiger partial charge in [0.15, 0.2) is 0 Å². The first kappa shape index (κ1) is 25.0. The molecule has 0 bridgehead atoms. The zero-order valence-corrected chi connectivity index (χ0v) is 22.2. The highest BCUT2D eigenvalue weighted by molar-refractivity contribution is 6.39. The molecule has 0 amide bonds. The van der Waals surface area contributed by atoms with Crippen LogP contribution >= 0.6 is 23.2 Å². The van der Waals surface area contributed by atoms with Gasteiger partial charge in [0.25, 0.3) is 0 Å². The Morgan fingerprint density at radius 1 is 1.14 bits per heavy atom. The minimum Gasteiger partial charge on any atom is -0.477 e. The lowest BCUT2D eigenvalue weighted by molar-refractivity contribution is -0.129. The van der Waals surface area contributed by atoms with Crippen LogP contribution in [0.4, 0.5) is 0 Å². The summed E-state index contributed by atoms with van der Waals surface area (Å²) in [5.74, 6) is 2.26. The zero-order chi connectivity index (χ0) is 25.5. The fourth-order valence-corrected chi connectivity index (χ4v) is 6.66.